The lowest BCUT2D eigenvalue weighted by atomic mass is 10.5. The summed E-state index contributed by atoms with van der Waals surface area (Å²) in [6.07, 6.45) is 1.67. The van der Waals surface area contributed by atoms with E-state index in [2.05, 4.69) is 10.5 Å². The molecule has 0 atom stereocenters. The minimum atomic E-state index is 0.583. The van der Waals surface area contributed by atoms with Crippen LogP contribution in [-0.4, -0.2) is 12.0 Å². The minimum Gasteiger partial charge on any atom is -0.389 e. The van der Waals surface area contributed by atoms with Crippen LogP contribution in [0.5, 0.6) is 5.88 Å². The van der Waals surface area contributed by atoms with Crippen LogP contribution in [0.25, 0.3) is 0 Å². The van der Waals surface area contributed by atoms with E-state index in [-0.39, 0.29) is 0 Å². The van der Waals surface area contributed by atoms with Crippen molar-refractivity contribution in [2.45, 2.75) is 0 Å². The molecule has 1 aromatic rings. The van der Waals surface area contributed by atoms with Crippen molar-refractivity contribution in [1.82, 2.24) is 10.5 Å². The Hall–Kier alpha value is -1.09. The first-order valence-corrected chi connectivity index (χ1v) is 2.68. The van der Waals surface area contributed by atoms with Gasteiger partial charge in [-0.25, -0.2) is 4.98 Å². The van der Waals surface area contributed by atoms with E-state index >= 15 is 0 Å². The Morgan fingerprint density at radius 2 is 2.44 bits per heavy atom. The van der Waals surface area contributed by atoms with Crippen LogP contribution in [0.2, 0.25) is 0 Å². The molecule has 0 aliphatic heterocycles. The van der Waals surface area contributed by atoms with E-state index in [9.17, 15) is 0 Å². The lowest BCUT2D eigenvalue weighted by molar-refractivity contribution is 0.214. The van der Waals surface area contributed by atoms with E-state index in [1.54, 1.807) is 19.3 Å². The van der Waals surface area contributed by atoms with Crippen molar-refractivity contribution in [3.8, 4) is 5.88 Å². The number of nitrogens with one attached hydrogen (secondary N) is 1. The molecule has 0 unspecified atom stereocenters. The summed E-state index contributed by atoms with van der Waals surface area (Å²) >= 11 is 0. The van der Waals surface area contributed by atoms with E-state index in [1.165, 1.54) is 0 Å². The predicted octanol–water partition coefficient (Wildman–Crippen LogP) is 0.595. The summed E-state index contributed by atoms with van der Waals surface area (Å²) in [4.78, 5) is 8.73. The van der Waals surface area contributed by atoms with Gasteiger partial charge in [0.15, 0.2) is 0 Å². The fourth-order valence-electron chi connectivity index (χ4n) is 0.512. The van der Waals surface area contributed by atoms with E-state index < -0.39 is 0 Å². The van der Waals surface area contributed by atoms with Gasteiger partial charge in [-0.3, -0.25) is 0 Å². The molecule has 1 N–H and O–H groups in total. The van der Waals surface area contributed by atoms with E-state index in [4.69, 9.17) is 4.84 Å². The highest BCUT2D eigenvalue weighted by Gasteiger charge is 1.85. The second kappa shape index (κ2) is 3.04. The van der Waals surface area contributed by atoms with E-state index in [1.807, 2.05) is 12.1 Å². The zero-order chi connectivity index (χ0) is 6.53. The first-order valence-electron chi connectivity index (χ1n) is 2.68. The van der Waals surface area contributed by atoms with Crippen LogP contribution in [0.1, 0.15) is 0 Å². The molecule has 0 radical (unpaired) electrons. The van der Waals surface area contributed by atoms with Gasteiger partial charge in [0.1, 0.15) is 0 Å². The van der Waals surface area contributed by atoms with Gasteiger partial charge < -0.3 is 4.84 Å². The number of hydrogen-bond donors (Lipinski definition) is 1. The average molecular weight is 124 g/mol. The highest BCUT2D eigenvalue weighted by molar-refractivity contribution is 5.08. The fourth-order valence-corrected chi connectivity index (χ4v) is 0.512. The van der Waals surface area contributed by atoms with E-state index in [0.717, 1.165) is 0 Å². The molecule has 0 saturated carbocycles. The predicted molar refractivity (Wildman–Crippen MR) is 33.9 cm³/mol. The number of aromatic nitrogens is 1. The molecule has 0 bridgehead atoms. The summed E-state index contributed by atoms with van der Waals surface area (Å²) in [7, 11) is 1.69. The van der Waals surface area contributed by atoms with Crippen LogP contribution in [0.3, 0.4) is 0 Å². The van der Waals surface area contributed by atoms with Gasteiger partial charge in [0.05, 0.1) is 0 Å². The van der Waals surface area contributed by atoms with Crippen LogP contribution in [0, 0.1) is 0 Å². The zero-order valence-corrected chi connectivity index (χ0v) is 5.16. The minimum absolute atomic E-state index is 0.583. The van der Waals surface area contributed by atoms with Crippen LogP contribution >= 0.6 is 0 Å². The Balaban J connectivity index is 2.61. The molecular weight excluding hydrogens is 116 g/mol. The maximum Gasteiger partial charge on any atom is 0.237 e. The Bertz CT molecular complexity index is 164. The normalized spacial score (nSPS) is 9.00. The average Bonchev–Trinajstić information content (AvgIpc) is 1.91. The zero-order valence-electron chi connectivity index (χ0n) is 5.16. The summed E-state index contributed by atoms with van der Waals surface area (Å²) in [5.41, 5.74) is 2.52. The summed E-state index contributed by atoms with van der Waals surface area (Å²) in [5, 5.41) is 0. The Morgan fingerprint density at radius 1 is 1.56 bits per heavy atom. The lowest BCUT2D eigenvalue weighted by Gasteiger charge is -1.97. The molecule has 9 heavy (non-hydrogen) atoms. The largest absolute Gasteiger partial charge is 0.389 e. The Kier molecular flexibility index (Phi) is 2.04. The van der Waals surface area contributed by atoms with Gasteiger partial charge in [-0.15, -0.1) is 0 Å². The quantitative estimate of drug-likeness (QED) is 0.586. The van der Waals surface area contributed by atoms with Crippen molar-refractivity contribution in [1.29, 1.82) is 0 Å². The van der Waals surface area contributed by atoms with Crippen LogP contribution < -0.4 is 10.3 Å². The summed E-state index contributed by atoms with van der Waals surface area (Å²) in [6, 6.07) is 5.47. The molecule has 0 aromatic carbocycles. The third-order valence-corrected chi connectivity index (χ3v) is 0.844. The highest BCUT2D eigenvalue weighted by atomic mass is 16.6. The maximum absolute atomic E-state index is 4.84. The summed E-state index contributed by atoms with van der Waals surface area (Å²) in [6.45, 7) is 0. The van der Waals surface area contributed by atoms with Crippen molar-refractivity contribution >= 4 is 0 Å². The monoisotopic (exact) mass is 124 g/mol. The number of nitrogens with zero attached hydrogens (tertiary/aromatic N) is 1. The number of rotatable bonds is 2. The first-order chi connectivity index (χ1) is 4.43. The van der Waals surface area contributed by atoms with Gasteiger partial charge in [0.2, 0.25) is 5.88 Å². The van der Waals surface area contributed by atoms with Crippen molar-refractivity contribution in [2.24, 2.45) is 0 Å². The number of pyridine rings is 1. The van der Waals surface area contributed by atoms with Crippen molar-refractivity contribution in [3.05, 3.63) is 24.4 Å². The third-order valence-electron chi connectivity index (χ3n) is 0.844. The smallest absolute Gasteiger partial charge is 0.237 e. The first kappa shape index (κ1) is 6.04. The van der Waals surface area contributed by atoms with Crippen LogP contribution in [-0.2, 0) is 0 Å². The molecule has 3 heteroatoms. The lowest BCUT2D eigenvalue weighted by Crippen LogP contribution is -2.11. The Labute approximate surface area is 53.6 Å². The van der Waals surface area contributed by atoms with Crippen LogP contribution in [0.15, 0.2) is 24.4 Å². The Morgan fingerprint density at radius 3 is 3.00 bits per heavy atom. The molecule has 0 saturated heterocycles. The second-order valence-electron chi connectivity index (χ2n) is 1.47. The molecule has 0 aliphatic carbocycles. The molecule has 0 amide bonds. The molecule has 1 heterocycles. The second-order valence-corrected chi connectivity index (χ2v) is 1.47. The van der Waals surface area contributed by atoms with Crippen molar-refractivity contribution < 1.29 is 4.84 Å². The van der Waals surface area contributed by atoms with Gasteiger partial charge in [0.25, 0.3) is 0 Å². The summed E-state index contributed by atoms with van der Waals surface area (Å²) in [5.74, 6) is 0.583. The van der Waals surface area contributed by atoms with Crippen molar-refractivity contribution in [3.63, 3.8) is 0 Å². The van der Waals surface area contributed by atoms with Gasteiger partial charge in [0, 0.05) is 19.3 Å². The standard InChI is InChI=1S/C6H8N2O/c1-7-9-6-4-2-3-5-8-6/h2-5,7H,1H3. The van der Waals surface area contributed by atoms with Gasteiger partial charge in [-0.05, 0) is 6.07 Å². The number of hydroxylamine groups is 1. The third kappa shape index (κ3) is 1.70. The molecule has 1 rings (SSSR count). The molecule has 1 aromatic heterocycles. The van der Waals surface area contributed by atoms with Gasteiger partial charge in [-0.2, -0.15) is 5.48 Å². The molecule has 3 nitrogen and oxygen atoms in total. The highest BCUT2D eigenvalue weighted by Crippen LogP contribution is 1.99. The molecular formula is C6H8N2O. The molecule has 0 spiro atoms. The molecule has 0 fully saturated rings. The number of hydrogen-bond acceptors (Lipinski definition) is 3. The topological polar surface area (TPSA) is 34.1 Å². The van der Waals surface area contributed by atoms with Gasteiger partial charge >= 0.3 is 0 Å². The van der Waals surface area contributed by atoms with Gasteiger partial charge in [-0.1, -0.05) is 6.07 Å². The fraction of sp³-hybridized carbons (Fsp3) is 0.167. The van der Waals surface area contributed by atoms with Crippen LogP contribution in [0.4, 0.5) is 0 Å². The summed E-state index contributed by atoms with van der Waals surface area (Å²) < 4.78 is 0. The van der Waals surface area contributed by atoms with E-state index in [0.29, 0.717) is 5.88 Å². The molecule has 48 valence electrons. The molecule has 0 aliphatic rings. The van der Waals surface area contributed by atoms with Crippen molar-refractivity contribution in [2.75, 3.05) is 7.05 Å². The SMILES string of the molecule is CNOc1ccccn1. The maximum atomic E-state index is 4.84.